The fourth-order valence-electron chi connectivity index (χ4n) is 3.01. The van der Waals surface area contributed by atoms with E-state index >= 15 is 0 Å². The molecule has 1 heterocycles. The van der Waals surface area contributed by atoms with Gasteiger partial charge in [-0.3, -0.25) is 0 Å². The second-order valence-corrected chi connectivity index (χ2v) is 8.12. The van der Waals surface area contributed by atoms with Crippen LogP contribution in [0.2, 0.25) is 0 Å². The minimum atomic E-state index is -0.448. The number of thiophene rings is 1. The van der Waals surface area contributed by atoms with Crippen LogP contribution in [0.1, 0.15) is 40.0 Å². The monoisotopic (exact) mass is 332 g/mol. The number of ether oxygens (including phenoxy) is 1. The Bertz CT molecular complexity index is 690. The van der Waals surface area contributed by atoms with Gasteiger partial charge in [0, 0.05) is 22.5 Å². The molecule has 0 spiro atoms. The van der Waals surface area contributed by atoms with E-state index in [0.717, 1.165) is 24.9 Å². The Morgan fingerprint density at radius 1 is 1.22 bits per heavy atom. The van der Waals surface area contributed by atoms with Crippen molar-refractivity contribution in [3.05, 3.63) is 29.6 Å². The third-order valence-electron chi connectivity index (χ3n) is 3.98. The molecule has 0 bridgehead atoms. The highest BCUT2D eigenvalue weighted by Crippen LogP contribution is 2.27. The smallest absolute Gasteiger partial charge is 0.407 e. The second-order valence-electron chi connectivity index (χ2n) is 7.17. The van der Waals surface area contributed by atoms with Crippen molar-refractivity contribution in [2.75, 3.05) is 5.32 Å². The SMILES string of the molecule is CC(C)(C)OC(=O)NC1CCC(Nc2ccc3sccc3c2)C1. The number of hydrogen-bond donors (Lipinski definition) is 2. The number of anilines is 1. The molecular weight excluding hydrogens is 308 g/mol. The molecule has 1 aliphatic carbocycles. The summed E-state index contributed by atoms with van der Waals surface area (Å²) in [4.78, 5) is 11.8. The highest BCUT2D eigenvalue weighted by molar-refractivity contribution is 7.17. The van der Waals surface area contributed by atoms with Gasteiger partial charge in [0.2, 0.25) is 0 Å². The lowest BCUT2D eigenvalue weighted by molar-refractivity contribution is 0.0505. The van der Waals surface area contributed by atoms with Gasteiger partial charge in [0.25, 0.3) is 0 Å². The van der Waals surface area contributed by atoms with E-state index in [1.807, 2.05) is 20.8 Å². The average Bonchev–Trinajstić information content (AvgIpc) is 3.05. The number of carbonyl (C=O) groups is 1. The Labute approximate surface area is 141 Å². The second kappa shape index (κ2) is 6.40. The zero-order valence-corrected chi connectivity index (χ0v) is 14.7. The number of rotatable bonds is 3. The highest BCUT2D eigenvalue weighted by Gasteiger charge is 2.27. The van der Waals surface area contributed by atoms with Crippen molar-refractivity contribution >= 4 is 33.2 Å². The van der Waals surface area contributed by atoms with Crippen LogP contribution in [-0.4, -0.2) is 23.8 Å². The molecule has 2 aromatic rings. The number of nitrogens with one attached hydrogen (secondary N) is 2. The molecule has 1 amide bonds. The zero-order chi connectivity index (χ0) is 16.4. The average molecular weight is 332 g/mol. The van der Waals surface area contributed by atoms with Gasteiger partial charge in [-0.05, 0) is 75.1 Å². The maximum atomic E-state index is 11.8. The summed E-state index contributed by atoms with van der Waals surface area (Å²) in [5.41, 5.74) is 0.704. The van der Waals surface area contributed by atoms with Crippen LogP contribution < -0.4 is 10.6 Å². The molecule has 1 fully saturated rings. The molecule has 3 rings (SSSR count). The van der Waals surface area contributed by atoms with Crippen LogP contribution in [0.25, 0.3) is 10.1 Å². The first-order valence-corrected chi connectivity index (χ1v) is 9.00. The fraction of sp³-hybridized carbons (Fsp3) is 0.500. The van der Waals surface area contributed by atoms with Crippen LogP contribution >= 0.6 is 11.3 Å². The minimum Gasteiger partial charge on any atom is -0.444 e. The molecule has 1 aromatic heterocycles. The van der Waals surface area contributed by atoms with Crippen LogP contribution in [0.3, 0.4) is 0 Å². The van der Waals surface area contributed by atoms with Gasteiger partial charge < -0.3 is 15.4 Å². The molecular formula is C18H24N2O2S. The summed E-state index contributed by atoms with van der Waals surface area (Å²) >= 11 is 1.76. The van der Waals surface area contributed by atoms with Crippen LogP contribution in [0.5, 0.6) is 0 Å². The van der Waals surface area contributed by atoms with E-state index in [-0.39, 0.29) is 12.1 Å². The number of fused-ring (bicyclic) bond motifs is 1. The van der Waals surface area contributed by atoms with Crippen molar-refractivity contribution in [1.29, 1.82) is 0 Å². The third kappa shape index (κ3) is 4.38. The summed E-state index contributed by atoms with van der Waals surface area (Å²) in [7, 11) is 0. The zero-order valence-electron chi connectivity index (χ0n) is 13.9. The first kappa shape index (κ1) is 16.1. The molecule has 124 valence electrons. The first-order valence-electron chi connectivity index (χ1n) is 8.12. The van der Waals surface area contributed by atoms with Crippen LogP contribution in [0.15, 0.2) is 29.6 Å². The molecule has 0 aliphatic heterocycles. The summed E-state index contributed by atoms with van der Waals surface area (Å²) in [5.74, 6) is 0. The van der Waals surface area contributed by atoms with Crippen molar-refractivity contribution in [3.63, 3.8) is 0 Å². The predicted molar refractivity (Wildman–Crippen MR) is 96.2 cm³/mol. The van der Waals surface area contributed by atoms with Crippen molar-refractivity contribution < 1.29 is 9.53 Å². The molecule has 2 atom stereocenters. The molecule has 1 saturated carbocycles. The van der Waals surface area contributed by atoms with E-state index in [1.54, 1.807) is 11.3 Å². The molecule has 1 aliphatic rings. The first-order chi connectivity index (χ1) is 10.9. The Balaban J connectivity index is 1.52. The summed E-state index contributed by atoms with van der Waals surface area (Å²) in [6.07, 6.45) is 2.66. The molecule has 5 heteroatoms. The quantitative estimate of drug-likeness (QED) is 0.852. The maximum absolute atomic E-state index is 11.8. The van der Waals surface area contributed by atoms with Gasteiger partial charge in [0.05, 0.1) is 0 Å². The Morgan fingerprint density at radius 2 is 2.00 bits per heavy atom. The number of benzene rings is 1. The van der Waals surface area contributed by atoms with Gasteiger partial charge in [0.15, 0.2) is 0 Å². The van der Waals surface area contributed by atoms with E-state index in [1.165, 1.54) is 10.1 Å². The van der Waals surface area contributed by atoms with Gasteiger partial charge in [-0.15, -0.1) is 11.3 Å². The Kier molecular flexibility index (Phi) is 4.48. The Morgan fingerprint density at radius 3 is 2.78 bits per heavy atom. The lowest BCUT2D eigenvalue weighted by atomic mass is 10.2. The van der Waals surface area contributed by atoms with Gasteiger partial charge in [0.1, 0.15) is 5.60 Å². The van der Waals surface area contributed by atoms with E-state index in [4.69, 9.17) is 4.74 Å². The molecule has 2 unspecified atom stereocenters. The van der Waals surface area contributed by atoms with E-state index in [2.05, 4.69) is 40.3 Å². The number of amides is 1. The normalized spacial score (nSPS) is 21.3. The molecule has 4 nitrogen and oxygen atoms in total. The van der Waals surface area contributed by atoms with Crippen LogP contribution in [0, 0.1) is 0 Å². The highest BCUT2D eigenvalue weighted by atomic mass is 32.1. The van der Waals surface area contributed by atoms with Crippen molar-refractivity contribution in [1.82, 2.24) is 5.32 Å². The lowest BCUT2D eigenvalue weighted by Gasteiger charge is -2.22. The van der Waals surface area contributed by atoms with Gasteiger partial charge in [-0.1, -0.05) is 0 Å². The van der Waals surface area contributed by atoms with Crippen molar-refractivity contribution in [2.45, 2.75) is 57.7 Å². The lowest BCUT2D eigenvalue weighted by Crippen LogP contribution is -2.38. The van der Waals surface area contributed by atoms with Gasteiger partial charge in [-0.2, -0.15) is 0 Å². The topological polar surface area (TPSA) is 50.4 Å². The molecule has 2 N–H and O–H groups in total. The molecule has 0 saturated heterocycles. The Hall–Kier alpha value is -1.75. The van der Waals surface area contributed by atoms with Gasteiger partial charge >= 0.3 is 6.09 Å². The minimum absolute atomic E-state index is 0.187. The van der Waals surface area contributed by atoms with E-state index in [9.17, 15) is 4.79 Å². The fourth-order valence-corrected chi connectivity index (χ4v) is 3.78. The summed E-state index contributed by atoms with van der Waals surface area (Å²) in [5, 5.41) is 9.96. The molecule has 0 radical (unpaired) electrons. The molecule has 23 heavy (non-hydrogen) atoms. The van der Waals surface area contributed by atoms with Crippen molar-refractivity contribution in [2.24, 2.45) is 0 Å². The van der Waals surface area contributed by atoms with Crippen LogP contribution in [0.4, 0.5) is 10.5 Å². The third-order valence-corrected chi connectivity index (χ3v) is 4.87. The summed E-state index contributed by atoms with van der Waals surface area (Å²) in [6.45, 7) is 5.64. The van der Waals surface area contributed by atoms with Crippen molar-refractivity contribution in [3.8, 4) is 0 Å². The van der Waals surface area contributed by atoms with Crippen LogP contribution in [-0.2, 0) is 4.74 Å². The number of alkyl carbamates (subject to hydrolysis) is 1. The summed E-state index contributed by atoms with van der Waals surface area (Å²) < 4.78 is 6.63. The largest absolute Gasteiger partial charge is 0.444 e. The number of carbonyl (C=O) groups excluding carboxylic acids is 1. The predicted octanol–water partition coefficient (Wildman–Crippen LogP) is 4.76. The maximum Gasteiger partial charge on any atom is 0.407 e. The van der Waals surface area contributed by atoms with E-state index < -0.39 is 5.60 Å². The van der Waals surface area contributed by atoms with E-state index in [0.29, 0.717) is 6.04 Å². The molecule has 1 aromatic carbocycles. The standard InChI is InChI=1S/C18H24N2O2S/c1-18(2,3)22-17(21)20-15-5-4-14(11-15)19-13-6-7-16-12(10-13)8-9-23-16/h6-10,14-15,19H,4-5,11H2,1-3H3,(H,20,21). The summed E-state index contributed by atoms with van der Waals surface area (Å²) in [6, 6.07) is 9.21. The number of hydrogen-bond acceptors (Lipinski definition) is 4. The van der Waals surface area contributed by atoms with Gasteiger partial charge in [-0.25, -0.2) is 4.79 Å².